The lowest BCUT2D eigenvalue weighted by molar-refractivity contribution is 1.15. The molecule has 0 amide bonds. The normalized spacial score (nSPS) is 11.0. The molecular weight excluding hydrogens is 332 g/mol. The Hall–Kier alpha value is -2.17. The molecule has 0 fully saturated rings. The van der Waals surface area contributed by atoms with Gasteiger partial charge < -0.3 is 0 Å². The highest BCUT2D eigenvalue weighted by atomic mass is 32.2. The molecule has 4 aromatic rings. The first-order chi connectivity index (χ1) is 11.8. The first kappa shape index (κ1) is 15.4. The Balaban J connectivity index is 1.52. The number of nitrogens with zero attached hydrogens (tertiary/aromatic N) is 2. The van der Waals surface area contributed by atoms with Crippen LogP contribution >= 0.6 is 23.1 Å². The molecule has 4 heteroatoms. The van der Waals surface area contributed by atoms with Gasteiger partial charge >= 0.3 is 0 Å². The number of rotatable bonds is 4. The van der Waals surface area contributed by atoms with Crippen molar-refractivity contribution < 1.29 is 0 Å². The van der Waals surface area contributed by atoms with Gasteiger partial charge in [0, 0.05) is 22.1 Å². The van der Waals surface area contributed by atoms with E-state index < -0.39 is 0 Å². The van der Waals surface area contributed by atoms with E-state index in [2.05, 4.69) is 48.7 Å². The summed E-state index contributed by atoms with van der Waals surface area (Å²) < 4.78 is 0. The molecule has 0 aliphatic rings. The summed E-state index contributed by atoms with van der Waals surface area (Å²) in [7, 11) is 0. The first-order valence-electron chi connectivity index (χ1n) is 7.78. The molecule has 2 aromatic carbocycles. The van der Waals surface area contributed by atoms with Gasteiger partial charge in [-0.2, -0.15) is 0 Å². The van der Waals surface area contributed by atoms with Gasteiger partial charge in [-0.3, -0.25) is 0 Å². The maximum Gasteiger partial charge on any atom is 0.123 e. The molecule has 0 N–H and O–H groups in total. The number of benzene rings is 2. The fourth-order valence-corrected chi connectivity index (χ4v) is 4.42. The zero-order valence-corrected chi connectivity index (χ0v) is 14.9. The molecule has 0 saturated heterocycles. The van der Waals surface area contributed by atoms with Crippen LogP contribution in [0, 0.1) is 6.92 Å². The highest BCUT2D eigenvalue weighted by Gasteiger charge is 2.07. The summed E-state index contributed by atoms with van der Waals surface area (Å²) in [4.78, 5) is 9.50. The van der Waals surface area contributed by atoms with E-state index in [0.29, 0.717) is 0 Å². The average Bonchev–Trinajstić information content (AvgIpc) is 3.10. The molecule has 0 saturated carbocycles. The first-order valence-corrected chi connectivity index (χ1v) is 9.65. The van der Waals surface area contributed by atoms with Crippen LogP contribution in [0.15, 0.2) is 71.1 Å². The third-order valence-corrected chi connectivity index (χ3v) is 5.73. The number of aromatic nitrogens is 2. The van der Waals surface area contributed by atoms with Crippen molar-refractivity contribution in [2.75, 3.05) is 0 Å². The van der Waals surface area contributed by atoms with E-state index in [1.807, 2.05) is 24.3 Å². The smallest absolute Gasteiger partial charge is 0.123 e. The Morgan fingerprint density at radius 3 is 2.62 bits per heavy atom. The van der Waals surface area contributed by atoms with Crippen LogP contribution in [0.5, 0.6) is 0 Å². The number of hydrogen-bond donors (Lipinski definition) is 0. The molecule has 2 aromatic heterocycles. The molecule has 4 rings (SSSR count). The Morgan fingerprint density at radius 2 is 1.75 bits per heavy atom. The maximum absolute atomic E-state index is 4.75. The molecule has 0 aliphatic carbocycles. The van der Waals surface area contributed by atoms with Crippen LogP contribution in [0.2, 0.25) is 0 Å². The van der Waals surface area contributed by atoms with E-state index in [-0.39, 0.29) is 0 Å². The predicted molar refractivity (Wildman–Crippen MR) is 104 cm³/mol. The van der Waals surface area contributed by atoms with Gasteiger partial charge in [-0.15, -0.1) is 11.3 Å². The van der Waals surface area contributed by atoms with Crippen molar-refractivity contribution in [2.45, 2.75) is 17.7 Å². The van der Waals surface area contributed by atoms with Crippen LogP contribution in [0.25, 0.3) is 21.5 Å². The summed E-state index contributed by atoms with van der Waals surface area (Å²) in [5.41, 5.74) is 4.62. The van der Waals surface area contributed by atoms with E-state index in [1.54, 1.807) is 23.1 Å². The van der Waals surface area contributed by atoms with Crippen LogP contribution in [0.4, 0.5) is 0 Å². The Bertz CT molecular complexity index is 977. The third kappa shape index (κ3) is 3.21. The number of para-hydroxylation sites is 1. The van der Waals surface area contributed by atoms with Gasteiger partial charge in [0.2, 0.25) is 0 Å². The summed E-state index contributed by atoms with van der Waals surface area (Å²) >= 11 is 3.44. The van der Waals surface area contributed by atoms with Crippen molar-refractivity contribution in [3.05, 3.63) is 77.3 Å². The second-order valence-corrected chi connectivity index (χ2v) is 7.45. The summed E-state index contributed by atoms with van der Waals surface area (Å²) in [6, 6.07) is 20.8. The lowest BCUT2D eigenvalue weighted by Gasteiger charge is -2.05. The number of hydrogen-bond acceptors (Lipinski definition) is 4. The molecule has 2 heterocycles. The molecular formula is C20H16N2S2. The van der Waals surface area contributed by atoms with E-state index >= 15 is 0 Å². The number of fused-ring (bicyclic) bond motifs is 1. The molecule has 118 valence electrons. The second kappa shape index (κ2) is 6.75. The van der Waals surface area contributed by atoms with Gasteiger partial charge in [-0.25, -0.2) is 9.97 Å². The predicted octanol–water partition coefficient (Wildman–Crippen LogP) is 5.96. The average molecular weight is 348 g/mol. The summed E-state index contributed by atoms with van der Waals surface area (Å²) in [5.74, 6) is 0.841. The van der Waals surface area contributed by atoms with Gasteiger partial charge in [-0.1, -0.05) is 60.3 Å². The molecule has 0 bridgehead atoms. The van der Waals surface area contributed by atoms with Gasteiger partial charge in [0.05, 0.1) is 16.2 Å². The number of pyridine rings is 1. The summed E-state index contributed by atoms with van der Waals surface area (Å²) in [6.45, 7) is 2.14. The highest BCUT2D eigenvalue weighted by molar-refractivity contribution is 7.98. The number of thiazole rings is 1. The number of aryl methyl sites for hydroxylation is 1. The molecule has 0 spiro atoms. The Kier molecular flexibility index (Phi) is 4.32. The minimum Gasteiger partial charge on any atom is -0.241 e. The Labute approximate surface area is 149 Å². The second-order valence-electron chi connectivity index (χ2n) is 5.59. The van der Waals surface area contributed by atoms with E-state index in [4.69, 9.17) is 9.97 Å². The van der Waals surface area contributed by atoms with E-state index in [0.717, 1.165) is 27.0 Å². The standard InChI is InChI=1S/C20H16N2S2/c1-14-11-19(22-18-10-6-5-9-17(14)18)23-12-16-13-24-20(21-16)15-7-3-2-4-8-15/h2-11,13H,12H2,1H3. The molecule has 0 unspecified atom stereocenters. The van der Waals surface area contributed by atoms with Crippen molar-refractivity contribution in [3.63, 3.8) is 0 Å². The summed E-state index contributed by atoms with van der Waals surface area (Å²) in [6.07, 6.45) is 0. The molecule has 2 nitrogen and oxygen atoms in total. The van der Waals surface area contributed by atoms with Crippen molar-refractivity contribution in [2.24, 2.45) is 0 Å². The van der Waals surface area contributed by atoms with E-state index in [9.17, 15) is 0 Å². The van der Waals surface area contributed by atoms with Gasteiger partial charge in [0.1, 0.15) is 5.01 Å². The van der Waals surface area contributed by atoms with Crippen molar-refractivity contribution in [1.82, 2.24) is 9.97 Å². The van der Waals surface area contributed by atoms with Crippen LogP contribution < -0.4 is 0 Å². The number of thioether (sulfide) groups is 1. The largest absolute Gasteiger partial charge is 0.241 e. The monoisotopic (exact) mass is 348 g/mol. The fraction of sp³-hybridized carbons (Fsp3) is 0.100. The minimum atomic E-state index is 0.841. The SMILES string of the molecule is Cc1cc(SCc2csc(-c3ccccc3)n2)nc2ccccc12. The van der Waals surface area contributed by atoms with E-state index in [1.165, 1.54) is 16.5 Å². The minimum absolute atomic E-state index is 0.841. The van der Waals surface area contributed by atoms with Gasteiger partial charge in [-0.05, 0) is 24.6 Å². The Morgan fingerprint density at radius 1 is 0.958 bits per heavy atom. The van der Waals surface area contributed by atoms with Crippen LogP contribution in [0.1, 0.15) is 11.3 Å². The summed E-state index contributed by atoms with van der Waals surface area (Å²) in [5, 5.41) is 5.50. The van der Waals surface area contributed by atoms with Crippen LogP contribution in [0.3, 0.4) is 0 Å². The third-order valence-electron chi connectivity index (χ3n) is 3.84. The van der Waals surface area contributed by atoms with Gasteiger partial charge in [0.15, 0.2) is 0 Å². The van der Waals surface area contributed by atoms with Gasteiger partial charge in [0.25, 0.3) is 0 Å². The lowest BCUT2D eigenvalue weighted by Crippen LogP contribution is -1.88. The molecule has 24 heavy (non-hydrogen) atoms. The maximum atomic E-state index is 4.75. The lowest BCUT2D eigenvalue weighted by atomic mass is 10.1. The fourth-order valence-electron chi connectivity index (χ4n) is 2.63. The zero-order chi connectivity index (χ0) is 16.4. The zero-order valence-electron chi connectivity index (χ0n) is 13.3. The van der Waals surface area contributed by atoms with Crippen LogP contribution in [-0.2, 0) is 5.75 Å². The molecule has 0 atom stereocenters. The quantitative estimate of drug-likeness (QED) is 0.426. The highest BCUT2D eigenvalue weighted by Crippen LogP contribution is 2.29. The molecule has 0 aliphatic heterocycles. The van der Waals surface area contributed by atoms with Crippen molar-refractivity contribution in [3.8, 4) is 10.6 Å². The molecule has 0 radical (unpaired) electrons. The van der Waals surface area contributed by atoms with Crippen molar-refractivity contribution >= 4 is 34.0 Å². The van der Waals surface area contributed by atoms with Crippen LogP contribution in [-0.4, -0.2) is 9.97 Å². The van der Waals surface area contributed by atoms with Crippen molar-refractivity contribution in [1.29, 1.82) is 0 Å². The topological polar surface area (TPSA) is 25.8 Å².